The van der Waals surface area contributed by atoms with E-state index in [2.05, 4.69) is 5.32 Å². The van der Waals surface area contributed by atoms with Gasteiger partial charge in [0, 0.05) is 17.8 Å². The van der Waals surface area contributed by atoms with Crippen molar-refractivity contribution in [2.24, 2.45) is 0 Å². The number of nitrogens with one attached hydrogen (secondary N) is 1. The third-order valence-electron chi connectivity index (χ3n) is 4.10. The van der Waals surface area contributed by atoms with E-state index in [9.17, 15) is 9.59 Å². The fraction of sp³-hybridized carbons (Fsp3) is 0.333. The van der Waals surface area contributed by atoms with E-state index in [0.717, 1.165) is 11.1 Å². The Morgan fingerprint density at radius 1 is 1.12 bits per heavy atom. The molecule has 0 spiro atoms. The average Bonchev–Trinajstić information content (AvgIpc) is 2.64. The summed E-state index contributed by atoms with van der Waals surface area (Å²) in [6, 6.07) is 14.6. The zero-order valence-electron chi connectivity index (χ0n) is 15.8. The first-order valence-electron chi connectivity index (χ1n) is 8.88. The second-order valence-corrected chi connectivity index (χ2v) is 6.05. The van der Waals surface area contributed by atoms with Crippen LogP contribution >= 0.6 is 0 Å². The Morgan fingerprint density at radius 3 is 2.42 bits per heavy atom. The molecule has 26 heavy (non-hydrogen) atoms. The molecular weight excluding hydrogens is 328 g/mol. The smallest absolute Gasteiger partial charge is 0.316 e. The molecule has 0 aliphatic heterocycles. The highest BCUT2D eigenvalue weighted by Crippen LogP contribution is 2.26. The van der Waals surface area contributed by atoms with Crippen molar-refractivity contribution in [2.75, 3.05) is 18.1 Å². The van der Waals surface area contributed by atoms with Crippen LogP contribution in [0.15, 0.2) is 48.5 Å². The molecule has 138 valence electrons. The van der Waals surface area contributed by atoms with E-state index in [1.54, 1.807) is 0 Å². The van der Waals surface area contributed by atoms with E-state index < -0.39 is 11.8 Å². The van der Waals surface area contributed by atoms with Gasteiger partial charge in [-0.15, -0.1) is 0 Å². The molecule has 0 heterocycles. The molecule has 1 unspecified atom stereocenters. The Labute approximate surface area is 155 Å². The minimum absolute atomic E-state index is 0.345. The summed E-state index contributed by atoms with van der Waals surface area (Å²) in [5.41, 5.74) is 2.62. The third kappa shape index (κ3) is 4.63. The van der Waals surface area contributed by atoms with Gasteiger partial charge in [0.2, 0.25) is 0 Å². The molecule has 1 N–H and O–H groups in total. The lowest BCUT2D eigenvalue weighted by atomic mass is 10.0. The lowest BCUT2D eigenvalue weighted by Crippen LogP contribution is -2.44. The highest BCUT2D eigenvalue weighted by atomic mass is 16.5. The van der Waals surface area contributed by atoms with Crippen LogP contribution in [0.25, 0.3) is 0 Å². The summed E-state index contributed by atoms with van der Waals surface area (Å²) >= 11 is 0. The number of hydrogen-bond donors (Lipinski definition) is 1. The first-order chi connectivity index (χ1) is 12.5. The van der Waals surface area contributed by atoms with E-state index in [-0.39, 0.29) is 6.04 Å². The van der Waals surface area contributed by atoms with E-state index in [4.69, 9.17) is 4.74 Å². The summed E-state index contributed by atoms with van der Waals surface area (Å²) < 4.78 is 5.65. The van der Waals surface area contributed by atoms with Gasteiger partial charge in [0.1, 0.15) is 5.75 Å². The normalized spacial score (nSPS) is 11.5. The maximum atomic E-state index is 12.6. The van der Waals surface area contributed by atoms with Gasteiger partial charge in [-0.25, -0.2) is 0 Å². The number of ether oxygens (including phenoxy) is 1. The molecule has 0 fully saturated rings. The van der Waals surface area contributed by atoms with Crippen LogP contribution in [0.4, 0.5) is 5.69 Å². The molecule has 0 bridgehead atoms. The Bertz CT molecular complexity index is 759. The van der Waals surface area contributed by atoms with E-state index in [1.807, 2.05) is 76.2 Å². The number of amides is 2. The van der Waals surface area contributed by atoms with Gasteiger partial charge in [-0.1, -0.05) is 35.9 Å². The van der Waals surface area contributed by atoms with Crippen LogP contribution in [0, 0.1) is 6.92 Å². The quantitative estimate of drug-likeness (QED) is 0.806. The van der Waals surface area contributed by atoms with Gasteiger partial charge in [-0.2, -0.15) is 0 Å². The maximum Gasteiger partial charge on any atom is 0.316 e. The van der Waals surface area contributed by atoms with Gasteiger partial charge < -0.3 is 15.0 Å². The van der Waals surface area contributed by atoms with Crippen molar-refractivity contribution < 1.29 is 14.3 Å². The maximum absolute atomic E-state index is 12.6. The number of benzene rings is 2. The monoisotopic (exact) mass is 354 g/mol. The average molecular weight is 354 g/mol. The third-order valence-corrected chi connectivity index (χ3v) is 4.10. The molecule has 0 aliphatic rings. The number of anilines is 1. The van der Waals surface area contributed by atoms with Crippen molar-refractivity contribution in [3.8, 4) is 5.75 Å². The van der Waals surface area contributed by atoms with Crippen molar-refractivity contribution in [2.45, 2.75) is 33.7 Å². The fourth-order valence-electron chi connectivity index (χ4n) is 2.80. The number of nitrogens with zero attached hydrogens (tertiary/aromatic N) is 1. The number of aryl methyl sites for hydroxylation is 1. The van der Waals surface area contributed by atoms with Crippen molar-refractivity contribution in [1.82, 2.24) is 5.32 Å². The zero-order valence-corrected chi connectivity index (χ0v) is 15.8. The summed E-state index contributed by atoms with van der Waals surface area (Å²) in [5.74, 6) is -0.489. The van der Waals surface area contributed by atoms with Crippen molar-refractivity contribution in [1.29, 1.82) is 0 Å². The predicted octanol–water partition coefficient (Wildman–Crippen LogP) is 3.62. The number of rotatable bonds is 6. The minimum atomic E-state index is -0.632. The van der Waals surface area contributed by atoms with Crippen LogP contribution in [0.5, 0.6) is 5.75 Å². The molecule has 0 saturated carbocycles. The number of carbonyl (C=O) groups is 2. The molecule has 2 aromatic carbocycles. The van der Waals surface area contributed by atoms with Gasteiger partial charge in [-0.3, -0.25) is 9.59 Å². The Balaban J connectivity index is 2.16. The molecule has 2 aromatic rings. The Hall–Kier alpha value is -2.82. The predicted molar refractivity (Wildman–Crippen MR) is 103 cm³/mol. The van der Waals surface area contributed by atoms with Gasteiger partial charge in [0.25, 0.3) is 0 Å². The largest absolute Gasteiger partial charge is 0.494 e. The van der Waals surface area contributed by atoms with Crippen LogP contribution in [0.1, 0.15) is 37.9 Å². The van der Waals surface area contributed by atoms with Crippen LogP contribution < -0.4 is 15.0 Å². The van der Waals surface area contributed by atoms with Crippen LogP contribution in [0.3, 0.4) is 0 Å². The molecule has 1 atom stereocenters. The molecule has 0 aliphatic carbocycles. The summed E-state index contributed by atoms with van der Waals surface area (Å²) in [7, 11) is 0. The van der Waals surface area contributed by atoms with Crippen LogP contribution in [0.2, 0.25) is 0 Å². The van der Waals surface area contributed by atoms with E-state index in [0.29, 0.717) is 24.6 Å². The van der Waals surface area contributed by atoms with Gasteiger partial charge in [0.05, 0.1) is 12.6 Å². The van der Waals surface area contributed by atoms with Crippen LogP contribution in [-0.4, -0.2) is 25.0 Å². The highest BCUT2D eigenvalue weighted by molar-refractivity contribution is 6.40. The molecule has 0 radical (unpaired) electrons. The van der Waals surface area contributed by atoms with Crippen molar-refractivity contribution in [3.05, 3.63) is 59.7 Å². The number of carbonyl (C=O) groups excluding carboxylic acids is 2. The number of para-hydroxylation sites is 1. The summed E-state index contributed by atoms with van der Waals surface area (Å²) in [6.45, 7) is 8.53. The number of likely N-dealkylation sites (N-methyl/N-ethyl adjacent to an activating group) is 1. The molecular formula is C21H26N2O3. The summed E-state index contributed by atoms with van der Waals surface area (Å²) in [6.07, 6.45) is 0. The second kappa shape index (κ2) is 9.04. The van der Waals surface area contributed by atoms with E-state index in [1.165, 1.54) is 4.90 Å². The molecule has 0 aromatic heterocycles. The Morgan fingerprint density at radius 2 is 1.81 bits per heavy atom. The van der Waals surface area contributed by atoms with Gasteiger partial charge in [-0.05, 0) is 45.9 Å². The lowest BCUT2D eigenvalue weighted by Gasteiger charge is -2.23. The fourth-order valence-corrected chi connectivity index (χ4v) is 2.80. The second-order valence-electron chi connectivity index (χ2n) is 6.05. The SMILES string of the molecule is CCOc1ccc(C)cc1C(C)NC(=O)C(=O)N(CC)c1ccccc1. The molecule has 0 saturated heterocycles. The van der Waals surface area contributed by atoms with E-state index >= 15 is 0 Å². The highest BCUT2D eigenvalue weighted by Gasteiger charge is 2.24. The van der Waals surface area contributed by atoms with Gasteiger partial charge >= 0.3 is 11.8 Å². The molecule has 5 nitrogen and oxygen atoms in total. The lowest BCUT2D eigenvalue weighted by molar-refractivity contribution is -0.138. The van der Waals surface area contributed by atoms with Crippen LogP contribution in [-0.2, 0) is 9.59 Å². The minimum Gasteiger partial charge on any atom is -0.494 e. The molecule has 2 rings (SSSR count). The molecule has 5 heteroatoms. The zero-order chi connectivity index (χ0) is 19.1. The number of hydrogen-bond acceptors (Lipinski definition) is 3. The van der Waals surface area contributed by atoms with Gasteiger partial charge in [0.15, 0.2) is 0 Å². The standard InChI is InChI=1S/C21H26N2O3/c1-5-23(17-10-8-7-9-11-17)21(25)20(24)22-16(4)18-14-15(3)12-13-19(18)26-6-2/h7-14,16H,5-6H2,1-4H3,(H,22,24). The van der Waals surface area contributed by atoms with Crippen molar-refractivity contribution in [3.63, 3.8) is 0 Å². The first-order valence-corrected chi connectivity index (χ1v) is 8.88. The van der Waals surface area contributed by atoms with Crippen molar-refractivity contribution >= 4 is 17.5 Å². The first kappa shape index (κ1) is 19.5. The Kier molecular flexibility index (Phi) is 6.78. The topological polar surface area (TPSA) is 58.6 Å². The molecule has 2 amide bonds. The summed E-state index contributed by atoms with van der Waals surface area (Å²) in [5, 5.41) is 2.80. The summed E-state index contributed by atoms with van der Waals surface area (Å²) in [4.78, 5) is 26.6.